The van der Waals surface area contributed by atoms with Crippen LogP contribution in [0.3, 0.4) is 0 Å². The Morgan fingerprint density at radius 2 is 0.814 bits per heavy atom. The second-order valence-electron chi connectivity index (χ2n) is 14.8. The van der Waals surface area contributed by atoms with Crippen LogP contribution in [-0.2, 0) is 0 Å². The van der Waals surface area contributed by atoms with Gasteiger partial charge in [-0.2, -0.15) is 0 Å². The Morgan fingerprint density at radius 3 is 1.49 bits per heavy atom. The first kappa shape index (κ1) is 34.3. The minimum atomic E-state index is 0.658. The first-order valence-corrected chi connectivity index (χ1v) is 19.8. The van der Waals surface area contributed by atoms with Crippen molar-refractivity contribution in [1.29, 1.82) is 0 Å². The van der Waals surface area contributed by atoms with Crippen molar-refractivity contribution in [3.05, 3.63) is 212 Å². The summed E-state index contributed by atoms with van der Waals surface area (Å²) in [7, 11) is 0. The molecule has 4 nitrogen and oxygen atoms in total. The molecule has 11 rings (SSSR count). The van der Waals surface area contributed by atoms with Crippen molar-refractivity contribution >= 4 is 32.8 Å². The number of hydrogen-bond donors (Lipinski definition) is 0. The van der Waals surface area contributed by atoms with Crippen LogP contribution in [0, 0.1) is 0 Å². The summed E-state index contributed by atoms with van der Waals surface area (Å²) in [5.74, 6) is 0.658. The second-order valence-corrected chi connectivity index (χ2v) is 14.8. The van der Waals surface area contributed by atoms with Gasteiger partial charge in [0.1, 0.15) is 11.3 Å². The van der Waals surface area contributed by atoms with Gasteiger partial charge in [0.25, 0.3) is 0 Å². The molecule has 0 saturated heterocycles. The van der Waals surface area contributed by atoms with Crippen molar-refractivity contribution in [2.45, 2.75) is 0 Å². The summed E-state index contributed by atoms with van der Waals surface area (Å²) in [6.45, 7) is 0. The standard InChI is InChI=1S/C55H35N3O/c1-4-14-36(15-5-1)38-26-30-41(31-27-38)48-35-49(57-55(56-48)42-32-28-39(29-33-42)37-16-6-2-7-17-37)43-20-12-21-44(34-43)52-54-51(46-22-10-11-25-50(46)59-54)47-24-13-23-45(53(47)58-52)40-18-8-3-9-19-40/h1-35H. The highest BCUT2D eigenvalue weighted by molar-refractivity contribution is 6.22. The van der Waals surface area contributed by atoms with Crippen LogP contribution < -0.4 is 0 Å². The number of furan rings is 1. The molecule has 8 aromatic carbocycles. The Hall–Kier alpha value is -7.95. The third kappa shape index (κ3) is 6.34. The highest BCUT2D eigenvalue weighted by atomic mass is 16.3. The van der Waals surface area contributed by atoms with Gasteiger partial charge < -0.3 is 4.42 Å². The smallest absolute Gasteiger partial charge is 0.162 e. The average Bonchev–Trinajstić information content (AvgIpc) is 3.72. The van der Waals surface area contributed by atoms with Crippen molar-refractivity contribution < 1.29 is 4.42 Å². The molecule has 0 radical (unpaired) electrons. The number of benzene rings is 8. The van der Waals surface area contributed by atoms with Gasteiger partial charge in [0.05, 0.1) is 16.9 Å². The van der Waals surface area contributed by atoms with Crippen molar-refractivity contribution in [1.82, 2.24) is 15.0 Å². The topological polar surface area (TPSA) is 51.8 Å². The molecule has 0 aliphatic heterocycles. The minimum absolute atomic E-state index is 0.658. The van der Waals surface area contributed by atoms with E-state index in [0.29, 0.717) is 5.82 Å². The molecule has 0 saturated carbocycles. The summed E-state index contributed by atoms with van der Waals surface area (Å²) in [5.41, 5.74) is 15.7. The van der Waals surface area contributed by atoms with Gasteiger partial charge in [0, 0.05) is 44.0 Å². The largest absolute Gasteiger partial charge is 0.454 e. The molecule has 0 spiro atoms. The minimum Gasteiger partial charge on any atom is -0.454 e. The molecule has 0 bridgehead atoms. The van der Waals surface area contributed by atoms with Crippen molar-refractivity contribution in [3.63, 3.8) is 0 Å². The van der Waals surface area contributed by atoms with Crippen molar-refractivity contribution in [3.8, 4) is 78.5 Å². The van der Waals surface area contributed by atoms with E-state index in [0.717, 1.165) is 94.4 Å². The highest BCUT2D eigenvalue weighted by Gasteiger charge is 2.20. The lowest BCUT2D eigenvalue weighted by atomic mass is 9.97. The van der Waals surface area contributed by atoms with E-state index in [1.165, 1.54) is 11.1 Å². The molecule has 3 heterocycles. The number of pyridine rings is 1. The molecule has 0 amide bonds. The monoisotopic (exact) mass is 753 g/mol. The van der Waals surface area contributed by atoms with Gasteiger partial charge in [0.15, 0.2) is 11.4 Å². The average molecular weight is 754 g/mol. The molecule has 276 valence electrons. The van der Waals surface area contributed by atoms with Crippen LogP contribution in [0.15, 0.2) is 217 Å². The number of hydrogen-bond acceptors (Lipinski definition) is 4. The van der Waals surface area contributed by atoms with Gasteiger partial charge in [-0.3, -0.25) is 0 Å². The summed E-state index contributed by atoms with van der Waals surface area (Å²) in [6, 6.07) is 73.7. The normalized spacial score (nSPS) is 11.4. The molecular weight excluding hydrogens is 719 g/mol. The second kappa shape index (κ2) is 14.5. The summed E-state index contributed by atoms with van der Waals surface area (Å²) in [6.07, 6.45) is 0. The predicted octanol–water partition coefficient (Wildman–Crippen LogP) is 14.6. The SMILES string of the molecule is c1ccc(-c2ccc(-c3cc(-c4cccc(-c5nc6c(-c7ccccc7)cccc6c6c5oc5ccccc56)c4)nc(-c4ccc(-c5ccccc5)cc4)n3)cc2)cc1. The lowest BCUT2D eigenvalue weighted by Gasteiger charge is -2.13. The molecule has 0 aliphatic rings. The van der Waals surface area contributed by atoms with E-state index in [1.807, 2.05) is 30.3 Å². The van der Waals surface area contributed by atoms with Crippen LogP contribution in [0.25, 0.3) is 111 Å². The van der Waals surface area contributed by atoms with Gasteiger partial charge in [-0.25, -0.2) is 15.0 Å². The van der Waals surface area contributed by atoms with E-state index < -0.39 is 0 Å². The van der Waals surface area contributed by atoms with Gasteiger partial charge in [-0.1, -0.05) is 194 Å². The Bertz CT molecular complexity index is 3180. The third-order valence-electron chi connectivity index (χ3n) is 11.1. The van der Waals surface area contributed by atoms with Crippen LogP contribution in [0.5, 0.6) is 0 Å². The highest BCUT2D eigenvalue weighted by Crippen LogP contribution is 2.42. The third-order valence-corrected chi connectivity index (χ3v) is 11.1. The molecule has 0 atom stereocenters. The van der Waals surface area contributed by atoms with Crippen LogP contribution in [0.2, 0.25) is 0 Å². The van der Waals surface area contributed by atoms with Gasteiger partial charge in [-0.05, 0) is 46.0 Å². The maximum atomic E-state index is 6.69. The summed E-state index contributed by atoms with van der Waals surface area (Å²) < 4.78 is 6.69. The quantitative estimate of drug-likeness (QED) is 0.163. The van der Waals surface area contributed by atoms with E-state index in [4.69, 9.17) is 19.4 Å². The molecule has 0 unspecified atom stereocenters. The van der Waals surface area contributed by atoms with Crippen LogP contribution in [0.1, 0.15) is 0 Å². The number of aromatic nitrogens is 3. The molecule has 0 N–H and O–H groups in total. The van der Waals surface area contributed by atoms with E-state index >= 15 is 0 Å². The molecule has 0 aliphatic carbocycles. The number of rotatable bonds is 7. The zero-order valence-corrected chi connectivity index (χ0v) is 32.0. The zero-order chi connectivity index (χ0) is 39.1. The lowest BCUT2D eigenvalue weighted by Crippen LogP contribution is -1.96. The van der Waals surface area contributed by atoms with E-state index in [2.05, 4.69) is 182 Å². The van der Waals surface area contributed by atoms with E-state index in [9.17, 15) is 0 Å². The van der Waals surface area contributed by atoms with Crippen molar-refractivity contribution in [2.24, 2.45) is 0 Å². The fourth-order valence-electron chi connectivity index (χ4n) is 8.16. The number of para-hydroxylation sites is 2. The lowest BCUT2D eigenvalue weighted by molar-refractivity contribution is 0.669. The van der Waals surface area contributed by atoms with Crippen LogP contribution in [0.4, 0.5) is 0 Å². The summed E-state index contributed by atoms with van der Waals surface area (Å²) in [4.78, 5) is 15.9. The van der Waals surface area contributed by atoms with Crippen molar-refractivity contribution in [2.75, 3.05) is 0 Å². The fourth-order valence-corrected chi connectivity index (χ4v) is 8.16. The Labute approximate surface area is 341 Å². The molecule has 11 aromatic rings. The van der Waals surface area contributed by atoms with Crippen LogP contribution in [-0.4, -0.2) is 15.0 Å². The first-order valence-electron chi connectivity index (χ1n) is 19.8. The van der Waals surface area contributed by atoms with Gasteiger partial charge in [0.2, 0.25) is 0 Å². The summed E-state index contributed by atoms with van der Waals surface area (Å²) >= 11 is 0. The number of fused-ring (bicyclic) bond motifs is 5. The number of nitrogens with zero attached hydrogens (tertiary/aromatic N) is 3. The molecular formula is C55H35N3O. The van der Waals surface area contributed by atoms with E-state index in [-0.39, 0.29) is 0 Å². The van der Waals surface area contributed by atoms with Crippen LogP contribution >= 0.6 is 0 Å². The summed E-state index contributed by atoms with van der Waals surface area (Å²) in [5, 5.41) is 3.19. The van der Waals surface area contributed by atoms with Gasteiger partial charge in [-0.15, -0.1) is 0 Å². The molecule has 4 heteroatoms. The Morgan fingerprint density at radius 1 is 0.322 bits per heavy atom. The van der Waals surface area contributed by atoms with Gasteiger partial charge >= 0.3 is 0 Å². The molecule has 3 aromatic heterocycles. The Balaban J connectivity index is 1.08. The van der Waals surface area contributed by atoms with E-state index in [1.54, 1.807) is 0 Å². The maximum Gasteiger partial charge on any atom is 0.162 e. The maximum absolute atomic E-state index is 6.69. The molecule has 59 heavy (non-hydrogen) atoms. The zero-order valence-electron chi connectivity index (χ0n) is 32.0. The first-order chi connectivity index (χ1) is 29.2. The molecule has 0 fully saturated rings. The predicted molar refractivity (Wildman–Crippen MR) is 243 cm³/mol. The fraction of sp³-hybridized carbons (Fsp3) is 0. The Kier molecular flexibility index (Phi) is 8.45.